The number of rotatable bonds is 2. The average Bonchev–Trinajstić information content (AvgIpc) is 2.62. The molecule has 2 heteroatoms. The number of benzene rings is 3. The van der Waals surface area contributed by atoms with E-state index >= 15 is 0 Å². The number of hydrogen-bond donors (Lipinski definition) is 0. The molecule has 0 heterocycles. The summed E-state index contributed by atoms with van der Waals surface area (Å²) >= 11 is 1.68. The van der Waals surface area contributed by atoms with E-state index in [1.54, 1.807) is 11.8 Å². The summed E-state index contributed by atoms with van der Waals surface area (Å²) in [6.45, 7) is 6.66. The Labute approximate surface area is 159 Å². The van der Waals surface area contributed by atoms with Gasteiger partial charge in [-0.25, -0.2) is 0 Å². The maximum Gasteiger partial charge on any atom is 0.194 e. The van der Waals surface area contributed by atoms with Crippen LogP contribution in [0, 0.1) is 0 Å². The fourth-order valence-corrected chi connectivity index (χ4v) is 4.45. The molecule has 1 nitrogen and oxygen atoms in total. The molecule has 130 valence electrons. The van der Waals surface area contributed by atoms with E-state index in [2.05, 4.69) is 69.3 Å². The number of carbonyl (C=O) groups excluding carboxylic acids is 1. The summed E-state index contributed by atoms with van der Waals surface area (Å²) in [4.78, 5) is 15.3. The van der Waals surface area contributed by atoms with E-state index < -0.39 is 0 Å². The second kappa shape index (κ2) is 6.44. The van der Waals surface area contributed by atoms with Crippen molar-refractivity contribution in [3.63, 3.8) is 0 Å². The van der Waals surface area contributed by atoms with Gasteiger partial charge in [0.2, 0.25) is 0 Å². The zero-order valence-electron chi connectivity index (χ0n) is 15.4. The fourth-order valence-electron chi connectivity index (χ4n) is 3.45. The molecule has 0 saturated carbocycles. The van der Waals surface area contributed by atoms with Crippen LogP contribution < -0.4 is 0 Å². The van der Waals surface area contributed by atoms with Gasteiger partial charge < -0.3 is 0 Å². The lowest BCUT2D eigenvalue weighted by atomic mass is 9.85. The summed E-state index contributed by atoms with van der Waals surface area (Å²) in [7, 11) is 0. The Balaban J connectivity index is 1.69. The van der Waals surface area contributed by atoms with Gasteiger partial charge in [0.1, 0.15) is 0 Å². The van der Waals surface area contributed by atoms with E-state index in [4.69, 9.17) is 0 Å². The average molecular weight is 359 g/mol. The second-order valence-electron chi connectivity index (χ2n) is 7.83. The van der Waals surface area contributed by atoms with Crippen molar-refractivity contribution in [1.29, 1.82) is 0 Å². The molecule has 0 unspecified atom stereocenters. The predicted molar refractivity (Wildman–Crippen MR) is 108 cm³/mol. The lowest BCUT2D eigenvalue weighted by Gasteiger charge is -2.21. The summed E-state index contributed by atoms with van der Waals surface area (Å²) in [5.41, 5.74) is 5.44. The summed E-state index contributed by atoms with van der Waals surface area (Å²) < 4.78 is 0. The van der Waals surface area contributed by atoms with Crippen LogP contribution in [-0.4, -0.2) is 5.78 Å². The fraction of sp³-hybridized carbons (Fsp3) is 0.208. The van der Waals surface area contributed by atoms with Crippen LogP contribution in [0.4, 0.5) is 0 Å². The van der Waals surface area contributed by atoms with Gasteiger partial charge in [-0.05, 0) is 46.7 Å². The van der Waals surface area contributed by atoms with Crippen molar-refractivity contribution in [2.75, 3.05) is 0 Å². The Morgan fingerprint density at radius 1 is 0.808 bits per heavy atom. The lowest BCUT2D eigenvalue weighted by molar-refractivity contribution is 0.103. The Bertz CT molecular complexity index is 978. The van der Waals surface area contributed by atoms with Crippen LogP contribution in [0.1, 0.15) is 53.4 Å². The van der Waals surface area contributed by atoms with Crippen molar-refractivity contribution in [1.82, 2.24) is 0 Å². The molecule has 26 heavy (non-hydrogen) atoms. The Morgan fingerprint density at radius 2 is 1.50 bits per heavy atom. The molecule has 0 saturated heterocycles. The maximum absolute atomic E-state index is 13.1. The Morgan fingerprint density at radius 3 is 2.23 bits per heavy atom. The molecule has 4 rings (SSSR count). The molecule has 0 spiro atoms. The van der Waals surface area contributed by atoms with Crippen LogP contribution in [0.5, 0.6) is 0 Å². The molecule has 3 aromatic rings. The van der Waals surface area contributed by atoms with Crippen molar-refractivity contribution in [2.45, 2.75) is 42.4 Å². The highest BCUT2D eigenvalue weighted by Gasteiger charge is 2.25. The van der Waals surface area contributed by atoms with Crippen LogP contribution in [0.3, 0.4) is 0 Å². The number of carbonyl (C=O) groups is 1. The van der Waals surface area contributed by atoms with E-state index in [1.807, 2.05) is 18.2 Å². The topological polar surface area (TPSA) is 17.1 Å². The van der Waals surface area contributed by atoms with Gasteiger partial charge in [-0.2, -0.15) is 0 Å². The first-order valence-electron chi connectivity index (χ1n) is 8.96. The van der Waals surface area contributed by atoms with Crippen LogP contribution in [0.2, 0.25) is 0 Å². The first-order chi connectivity index (χ1) is 12.4. The molecule has 1 aliphatic carbocycles. The molecule has 0 radical (unpaired) electrons. The van der Waals surface area contributed by atoms with E-state index in [0.29, 0.717) is 0 Å². The van der Waals surface area contributed by atoms with Crippen LogP contribution >= 0.6 is 11.8 Å². The van der Waals surface area contributed by atoms with E-state index in [-0.39, 0.29) is 11.2 Å². The van der Waals surface area contributed by atoms with Gasteiger partial charge >= 0.3 is 0 Å². The third kappa shape index (κ3) is 3.10. The second-order valence-corrected chi connectivity index (χ2v) is 8.95. The number of ketones is 1. The van der Waals surface area contributed by atoms with Gasteiger partial charge in [0.15, 0.2) is 5.78 Å². The van der Waals surface area contributed by atoms with Gasteiger partial charge in [0.05, 0.1) is 0 Å². The number of hydrogen-bond acceptors (Lipinski definition) is 2. The van der Waals surface area contributed by atoms with Crippen molar-refractivity contribution in [3.8, 4) is 0 Å². The molecule has 0 aliphatic heterocycles. The van der Waals surface area contributed by atoms with Crippen molar-refractivity contribution in [2.24, 2.45) is 0 Å². The highest BCUT2D eigenvalue weighted by Crippen LogP contribution is 2.37. The molecule has 3 aromatic carbocycles. The summed E-state index contributed by atoms with van der Waals surface area (Å²) in [5.74, 6) is 0.149. The normalized spacial score (nSPS) is 13.3. The monoisotopic (exact) mass is 358 g/mol. The van der Waals surface area contributed by atoms with Gasteiger partial charge in [-0.3, -0.25) is 4.79 Å². The first-order valence-corrected chi connectivity index (χ1v) is 9.78. The minimum Gasteiger partial charge on any atom is -0.289 e. The largest absolute Gasteiger partial charge is 0.289 e. The highest BCUT2D eigenvalue weighted by molar-refractivity contribution is 7.99. The van der Waals surface area contributed by atoms with Gasteiger partial charge in [-0.1, -0.05) is 81.1 Å². The molecule has 0 N–H and O–H groups in total. The maximum atomic E-state index is 13.1. The molecule has 0 aromatic heterocycles. The zero-order valence-corrected chi connectivity index (χ0v) is 16.2. The van der Waals surface area contributed by atoms with Crippen molar-refractivity contribution < 1.29 is 4.79 Å². The van der Waals surface area contributed by atoms with E-state index in [1.165, 1.54) is 5.56 Å². The predicted octanol–water partition coefficient (Wildman–Crippen LogP) is 6.27. The van der Waals surface area contributed by atoms with Crippen molar-refractivity contribution in [3.05, 3.63) is 94.5 Å². The molecule has 0 amide bonds. The minimum atomic E-state index is 0.148. The van der Waals surface area contributed by atoms with Crippen molar-refractivity contribution >= 4 is 17.5 Å². The zero-order chi connectivity index (χ0) is 18.3. The van der Waals surface area contributed by atoms with Crippen LogP contribution in [-0.2, 0) is 11.8 Å². The first kappa shape index (κ1) is 17.1. The third-order valence-electron chi connectivity index (χ3n) is 4.93. The van der Waals surface area contributed by atoms with E-state index in [0.717, 1.165) is 38.5 Å². The summed E-state index contributed by atoms with van der Waals surface area (Å²) in [5, 5.41) is 0. The highest BCUT2D eigenvalue weighted by atomic mass is 32.2. The Kier molecular flexibility index (Phi) is 4.24. The molecular weight excluding hydrogens is 336 g/mol. The smallest absolute Gasteiger partial charge is 0.194 e. The molecule has 1 aliphatic rings. The molecule has 0 fully saturated rings. The van der Waals surface area contributed by atoms with Gasteiger partial charge in [-0.15, -0.1) is 0 Å². The standard InChI is InChI=1S/C24H22OS/c1-24(2,3)18-11-13-19(14-12-18)26-21-10-6-8-17-15-16-7-4-5-9-20(16)23(25)22(17)21/h4-14H,15H2,1-3H3. The van der Waals surface area contributed by atoms with Gasteiger partial charge in [0.25, 0.3) is 0 Å². The van der Waals surface area contributed by atoms with Gasteiger partial charge in [0, 0.05) is 20.9 Å². The number of fused-ring (bicyclic) bond motifs is 2. The molecule has 0 atom stereocenters. The third-order valence-corrected chi connectivity index (χ3v) is 6.00. The Hall–Kier alpha value is -2.32. The molecular formula is C24H22OS. The minimum absolute atomic E-state index is 0.148. The van der Waals surface area contributed by atoms with Crippen LogP contribution in [0.25, 0.3) is 0 Å². The quantitative estimate of drug-likeness (QED) is 0.420. The summed E-state index contributed by atoms with van der Waals surface area (Å²) in [6.07, 6.45) is 0.828. The van der Waals surface area contributed by atoms with E-state index in [9.17, 15) is 4.79 Å². The molecule has 0 bridgehead atoms. The lowest BCUT2D eigenvalue weighted by Crippen LogP contribution is -2.16. The SMILES string of the molecule is CC(C)(C)c1ccc(Sc2cccc3c2C(=O)c2ccccc2C3)cc1. The summed E-state index contributed by atoms with van der Waals surface area (Å²) in [6, 6.07) is 22.9. The van der Waals surface area contributed by atoms with Crippen LogP contribution in [0.15, 0.2) is 76.5 Å².